The summed E-state index contributed by atoms with van der Waals surface area (Å²) < 4.78 is 15.8. The smallest absolute Gasteiger partial charge is 0.337 e. The number of carbonyl (C=O) groups excluding carboxylic acids is 1. The lowest BCUT2D eigenvalue weighted by atomic mass is 10.1. The number of ether oxygens (including phenoxy) is 3. The lowest BCUT2D eigenvalue weighted by Crippen LogP contribution is -2.54. The summed E-state index contributed by atoms with van der Waals surface area (Å²) in [6, 6.07) is 12.3. The van der Waals surface area contributed by atoms with Crippen molar-refractivity contribution in [2.24, 2.45) is 0 Å². The van der Waals surface area contributed by atoms with Gasteiger partial charge in [0.1, 0.15) is 12.4 Å². The Labute approximate surface area is 215 Å². The molecule has 0 amide bonds. The van der Waals surface area contributed by atoms with Crippen LogP contribution in [0, 0.1) is 0 Å². The second-order valence-electron chi connectivity index (χ2n) is 8.72. The molecule has 0 aliphatic carbocycles. The molecule has 36 heavy (non-hydrogen) atoms. The standard InChI is InChI=1S/C26H30ClN5O4/c1-16-13-32(14-17(2)30-16)21-7-5-20(6-8-21)31-26-28-11-22(12-29-26)36-15-19-9-18(25(33)35-4)10-23(34-3)24(19)27/h5-12,16-17,30H,13-15H2,1-4H3,(H,28,29,31)/t16-,17+. The maximum absolute atomic E-state index is 11.9. The molecule has 0 spiro atoms. The number of benzene rings is 2. The van der Waals surface area contributed by atoms with Crippen LogP contribution in [0.1, 0.15) is 29.8 Å². The Kier molecular flexibility index (Phi) is 8.12. The van der Waals surface area contributed by atoms with E-state index in [-0.39, 0.29) is 6.61 Å². The highest BCUT2D eigenvalue weighted by Gasteiger charge is 2.21. The van der Waals surface area contributed by atoms with Gasteiger partial charge < -0.3 is 29.7 Å². The van der Waals surface area contributed by atoms with Gasteiger partial charge in [0.25, 0.3) is 0 Å². The van der Waals surface area contributed by atoms with Crippen molar-refractivity contribution in [3.63, 3.8) is 0 Å². The van der Waals surface area contributed by atoms with Crippen molar-refractivity contribution in [2.75, 3.05) is 37.5 Å². The largest absolute Gasteiger partial charge is 0.495 e. The van der Waals surface area contributed by atoms with Gasteiger partial charge in [-0.3, -0.25) is 0 Å². The molecule has 2 aromatic carbocycles. The molecule has 1 aromatic heterocycles. The Morgan fingerprint density at radius 3 is 2.39 bits per heavy atom. The van der Waals surface area contributed by atoms with Gasteiger partial charge in [0.2, 0.25) is 5.95 Å². The van der Waals surface area contributed by atoms with Crippen LogP contribution in [0.4, 0.5) is 17.3 Å². The van der Waals surface area contributed by atoms with Crippen molar-refractivity contribution in [1.82, 2.24) is 15.3 Å². The van der Waals surface area contributed by atoms with Gasteiger partial charge in [-0.05, 0) is 50.2 Å². The molecule has 10 heteroatoms. The zero-order valence-corrected chi connectivity index (χ0v) is 21.5. The highest BCUT2D eigenvalue weighted by Crippen LogP contribution is 2.31. The van der Waals surface area contributed by atoms with Gasteiger partial charge in [-0.1, -0.05) is 11.6 Å². The van der Waals surface area contributed by atoms with Crippen molar-refractivity contribution in [3.05, 3.63) is 64.9 Å². The number of nitrogens with one attached hydrogen (secondary N) is 2. The van der Waals surface area contributed by atoms with Crippen molar-refractivity contribution in [3.8, 4) is 11.5 Å². The minimum absolute atomic E-state index is 0.0981. The summed E-state index contributed by atoms with van der Waals surface area (Å²) in [5, 5.41) is 7.12. The molecule has 9 nitrogen and oxygen atoms in total. The first-order chi connectivity index (χ1) is 17.4. The quantitative estimate of drug-likeness (QED) is 0.425. The monoisotopic (exact) mass is 511 g/mol. The predicted molar refractivity (Wildman–Crippen MR) is 140 cm³/mol. The van der Waals surface area contributed by atoms with Crippen LogP contribution in [0.5, 0.6) is 11.5 Å². The van der Waals surface area contributed by atoms with Crippen LogP contribution in [0.2, 0.25) is 5.02 Å². The number of aromatic nitrogens is 2. The number of piperazine rings is 1. The summed E-state index contributed by atoms with van der Waals surface area (Å²) in [7, 11) is 2.79. The molecule has 190 valence electrons. The van der Waals surface area contributed by atoms with E-state index < -0.39 is 5.97 Å². The van der Waals surface area contributed by atoms with Crippen LogP contribution >= 0.6 is 11.6 Å². The number of anilines is 3. The third-order valence-corrected chi connectivity index (χ3v) is 6.25. The van der Waals surface area contributed by atoms with Gasteiger partial charge in [-0.2, -0.15) is 0 Å². The lowest BCUT2D eigenvalue weighted by Gasteiger charge is -2.37. The average molecular weight is 512 g/mol. The third kappa shape index (κ3) is 6.16. The number of nitrogens with zero attached hydrogens (tertiary/aromatic N) is 3. The topological polar surface area (TPSA) is 97.8 Å². The first-order valence-corrected chi connectivity index (χ1v) is 12.0. The molecular formula is C26H30ClN5O4. The molecule has 2 heterocycles. The molecule has 0 bridgehead atoms. The summed E-state index contributed by atoms with van der Waals surface area (Å²) >= 11 is 6.38. The van der Waals surface area contributed by atoms with Crippen molar-refractivity contribution in [2.45, 2.75) is 32.5 Å². The molecule has 1 saturated heterocycles. The van der Waals surface area contributed by atoms with Crippen LogP contribution in [0.3, 0.4) is 0 Å². The summed E-state index contributed by atoms with van der Waals surface area (Å²) in [5.41, 5.74) is 2.98. The van der Waals surface area contributed by atoms with Gasteiger partial charge in [0, 0.05) is 42.1 Å². The van der Waals surface area contributed by atoms with E-state index in [2.05, 4.69) is 51.5 Å². The zero-order valence-electron chi connectivity index (χ0n) is 20.7. The van der Waals surface area contributed by atoms with Gasteiger partial charge in [-0.15, -0.1) is 0 Å². The summed E-state index contributed by atoms with van der Waals surface area (Å²) in [4.78, 5) is 23.0. The Bertz CT molecular complexity index is 1180. The van der Waals surface area contributed by atoms with Gasteiger partial charge in [-0.25, -0.2) is 14.8 Å². The highest BCUT2D eigenvalue weighted by molar-refractivity contribution is 6.33. The number of hydrogen-bond acceptors (Lipinski definition) is 9. The lowest BCUT2D eigenvalue weighted by molar-refractivity contribution is 0.0600. The van der Waals surface area contributed by atoms with Gasteiger partial charge >= 0.3 is 5.97 Å². The van der Waals surface area contributed by atoms with Crippen LogP contribution in [-0.4, -0.2) is 55.3 Å². The van der Waals surface area contributed by atoms with E-state index in [0.717, 1.165) is 18.8 Å². The number of rotatable bonds is 8. The Balaban J connectivity index is 1.37. The van der Waals surface area contributed by atoms with Crippen LogP contribution in [0.25, 0.3) is 0 Å². The molecule has 4 rings (SSSR count). The predicted octanol–water partition coefficient (Wildman–Crippen LogP) is 4.43. The average Bonchev–Trinajstić information content (AvgIpc) is 2.88. The number of methoxy groups -OCH3 is 2. The Morgan fingerprint density at radius 1 is 1.11 bits per heavy atom. The van der Waals surface area contributed by atoms with Gasteiger partial charge in [0.05, 0.1) is 37.2 Å². The maximum Gasteiger partial charge on any atom is 0.337 e. The Morgan fingerprint density at radius 2 is 1.78 bits per heavy atom. The molecule has 3 aromatic rings. The summed E-state index contributed by atoms with van der Waals surface area (Å²) in [6.07, 6.45) is 3.14. The fourth-order valence-electron chi connectivity index (χ4n) is 4.18. The van der Waals surface area contributed by atoms with E-state index in [1.54, 1.807) is 18.5 Å². The van der Waals surface area contributed by atoms with E-state index in [4.69, 9.17) is 25.8 Å². The molecular weight excluding hydrogens is 482 g/mol. The van der Waals surface area contributed by atoms with Crippen molar-refractivity contribution in [1.29, 1.82) is 0 Å². The molecule has 1 aliphatic rings. The molecule has 2 atom stereocenters. The van der Waals surface area contributed by atoms with E-state index in [0.29, 0.717) is 45.7 Å². The molecule has 1 fully saturated rings. The number of esters is 1. The molecule has 1 aliphatic heterocycles. The number of halogens is 1. The normalized spacial score (nSPS) is 17.4. The molecule has 2 N–H and O–H groups in total. The fraction of sp³-hybridized carbons (Fsp3) is 0.346. The minimum Gasteiger partial charge on any atom is -0.495 e. The molecule has 0 radical (unpaired) electrons. The molecule has 0 saturated carbocycles. The second-order valence-corrected chi connectivity index (χ2v) is 9.10. The van der Waals surface area contributed by atoms with Crippen LogP contribution in [0.15, 0.2) is 48.8 Å². The van der Waals surface area contributed by atoms with E-state index in [9.17, 15) is 4.79 Å². The first kappa shape index (κ1) is 25.5. The second kappa shape index (κ2) is 11.5. The first-order valence-electron chi connectivity index (χ1n) is 11.6. The van der Waals surface area contributed by atoms with Crippen molar-refractivity contribution < 1.29 is 19.0 Å². The Hall–Kier alpha value is -3.56. The van der Waals surface area contributed by atoms with E-state index in [1.165, 1.54) is 26.0 Å². The zero-order chi connectivity index (χ0) is 25.7. The van der Waals surface area contributed by atoms with E-state index >= 15 is 0 Å². The third-order valence-electron chi connectivity index (χ3n) is 5.82. The van der Waals surface area contributed by atoms with Gasteiger partial charge in [0.15, 0.2) is 5.75 Å². The SMILES string of the molecule is COC(=O)c1cc(COc2cnc(Nc3ccc(N4C[C@@H](C)N[C@@H](C)C4)cc3)nc2)c(Cl)c(OC)c1. The van der Waals surface area contributed by atoms with Crippen molar-refractivity contribution >= 4 is 34.9 Å². The number of carbonyl (C=O) groups is 1. The fourth-order valence-corrected chi connectivity index (χ4v) is 4.42. The highest BCUT2D eigenvalue weighted by atomic mass is 35.5. The maximum atomic E-state index is 11.9. The minimum atomic E-state index is -0.491. The summed E-state index contributed by atoms with van der Waals surface area (Å²) in [5.74, 6) is 0.777. The van der Waals surface area contributed by atoms with Crippen LogP contribution in [-0.2, 0) is 11.3 Å². The summed E-state index contributed by atoms with van der Waals surface area (Å²) in [6.45, 7) is 6.46. The number of hydrogen-bond donors (Lipinski definition) is 2. The molecule has 0 unspecified atom stereocenters. The van der Waals surface area contributed by atoms with Crippen LogP contribution < -0.4 is 25.0 Å². The van der Waals surface area contributed by atoms with E-state index in [1.807, 2.05) is 12.1 Å².